The van der Waals surface area contributed by atoms with E-state index >= 15 is 0 Å². The van der Waals surface area contributed by atoms with Crippen molar-refractivity contribution in [3.05, 3.63) is 78.1 Å². The Hall–Kier alpha value is -3.98. The first kappa shape index (κ1) is 20.0. The van der Waals surface area contributed by atoms with Crippen LogP contribution in [0.15, 0.2) is 61.2 Å². The van der Waals surface area contributed by atoms with Gasteiger partial charge in [0.25, 0.3) is 5.88 Å². The summed E-state index contributed by atoms with van der Waals surface area (Å²) in [4.78, 5) is 15.3. The molecule has 0 amide bonds. The quantitative estimate of drug-likeness (QED) is 0.499. The number of aromatic nitrogens is 5. The van der Waals surface area contributed by atoms with Crippen molar-refractivity contribution >= 4 is 5.69 Å². The van der Waals surface area contributed by atoms with Gasteiger partial charge >= 0.3 is 0 Å². The molecule has 4 aromatic heterocycles. The van der Waals surface area contributed by atoms with Gasteiger partial charge in [-0.1, -0.05) is 12.1 Å². The van der Waals surface area contributed by atoms with E-state index in [1.54, 1.807) is 32.8 Å². The van der Waals surface area contributed by atoms with Gasteiger partial charge in [0.15, 0.2) is 12.0 Å². The van der Waals surface area contributed by atoms with Crippen molar-refractivity contribution in [3.8, 4) is 22.9 Å². The number of anilines is 1. The lowest BCUT2D eigenvalue weighted by Crippen LogP contribution is -2.20. The Kier molecular flexibility index (Phi) is 5.16. The molecule has 9 nitrogen and oxygen atoms in total. The molecule has 0 saturated heterocycles. The molecule has 4 aromatic rings. The summed E-state index contributed by atoms with van der Waals surface area (Å²) in [6.45, 7) is 1.03. The normalized spacial score (nSPS) is 15.0. The van der Waals surface area contributed by atoms with Gasteiger partial charge in [0.05, 0.1) is 56.3 Å². The van der Waals surface area contributed by atoms with Crippen molar-refractivity contribution in [2.45, 2.75) is 19.3 Å². The van der Waals surface area contributed by atoms with Crippen molar-refractivity contribution in [3.63, 3.8) is 0 Å². The maximum absolute atomic E-state index is 10.9. The Morgan fingerprint density at radius 3 is 2.78 bits per heavy atom. The number of aliphatic hydroxyl groups is 1. The second kappa shape index (κ2) is 8.27. The highest BCUT2D eigenvalue weighted by Gasteiger charge is 2.31. The lowest BCUT2D eigenvalue weighted by atomic mass is 10.1. The number of fused-ring (bicyclic) bond motifs is 1. The summed E-state index contributed by atoms with van der Waals surface area (Å²) in [5.74, 6) is 0.955. The highest BCUT2D eigenvalue weighted by atomic mass is 16.5. The summed E-state index contributed by atoms with van der Waals surface area (Å²) < 4.78 is 12.4. The van der Waals surface area contributed by atoms with Gasteiger partial charge in [0.1, 0.15) is 0 Å². The van der Waals surface area contributed by atoms with Gasteiger partial charge < -0.3 is 19.5 Å². The van der Waals surface area contributed by atoms with Crippen LogP contribution in [0.5, 0.6) is 11.6 Å². The minimum atomic E-state index is -0.789. The van der Waals surface area contributed by atoms with Gasteiger partial charge in [0.2, 0.25) is 0 Å². The summed E-state index contributed by atoms with van der Waals surface area (Å²) >= 11 is 0. The first-order chi connectivity index (χ1) is 15.7. The van der Waals surface area contributed by atoms with Crippen LogP contribution in [0.4, 0.5) is 5.69 Å². The predicted molar refractivity (Wildman–Crippen MR) is 117 cm³/mol. The predicted octanol–water partition coefficient (Wildman–Crippen LogP) is 2.81. The molecule has 0 aliphatic carbocycles. The lowest BCUT2D eigenvalue weighted by Gasteiger charge is -2.20. The van der Waals surface area contributed by atoms with Crippen LogP contribution >= 0.6 is 0 Å². The second-order valence-electron chi connectivity index (χ2n) is 7.39. The Labute approximate surface area is 184 Å². The van der Waals surface area contributed by atoms with Gasteiger partial charge in [-0.2, -0.15) is 5.10 Å². The Bertz CT molecular complexity index is 1240. The zero-order valence-corrected chi connectivity index (χ0v) is 17.7. The first-order valence-electron chi connectivity index (χ1n) is 10.1. The smallest absolute Gasteiger partial charge is 0.256 e. The van der Waals surface area contributed by atoms with E-state index in [-0.39, 0.29) is 0 Å². The lowest BCUT2D eigenvalue weighted by molar-refractivity contribution is 0.181. The average Bonchev–Trinajstić information content (AvgIpc) is 3.43. The zero-order chi connectivity index (χ0) is 22.1. The third-order valence-electron chi connectivity index (χ3n) is 5.43. The molecule has 0 bridgehead atoms. The topological polar surface area (TPSA) is 98.4 Å². The van der Waals surface area contributed by atoms with Crippen LogP contribution in [0.2, 0.25) is 0 Å². The molecule has 0 radical (unpaired) electrons. The molecule has 9 heteroatoms. The van der Waals surface area contributed by atoms with E-state index in [2.05, 4.69) is 15.1 Å². The number of hydrogen-bond donors (Lipinski definition) is 1. The summed E-state index contributed by atoms with van der Waals surface area (Å²) in [6.07, 6.45) is 6.32. The van der Waals surface area contributed by atoms with Crippen LogP contribution in [-0.2, 0) is 13.1 Å². The van der Waals surface area contributed by atoms with Gasteiger partial charge in [-0.15, -0.1) is 0 Å². The largest absolute Gasteiger partial charge is 0.491 e. The molecule has 1 unspecified atom stereocenters. The SMILES string of the molecule is COc1cc(-c2ccc3c(n2)CN(c2cnn(Cc4ccccn4)c2)C3O)cnc1OC. The van der Waals surface area contributed by atoms with Gasteiger partial charge in [-0.05, 0) is 24.3 Å². The molecule has 0 fully saturated rings. The molecule has 0 aromatic carbocycles. The van der Waals surface area contributed by atoms with E-state index in [0.29, 0.717) is 24.7 Å². The molecule has 1 atom stereocenters. The van der Waals surface area contributed by atoms with E-state index in [0.717, 1.165) is 33.9 Å². The molecule has 1 N–H and O–H groups in total. The number of ether oxygens (including phenoxy) is 2. The highest BCUT2D eigenvalue weighted by molar-refractivity contribution is 5.63. The van der Waals surface area contributed by atoms with Crippen LogP contribution < -0.4 is 14.4 Å². The summed E-state index contributed by atoms with van der Waals surface area (Å²) in [6, 6.07) is 11.4. The summed E-state index contributed by atoms with van der Waals surface area (Å²) in [5.41, 5.74) is 4.88. The third-order valence-corrected chi connectivity index (χ3v) is 5.43. The molecule has 5 rings (SSSR count). The maximum Gasteiger partial charge on any atom is 0.256 e. The molecule has 32 heavy (non-hydrogen) atoms. The second-order valence-corrected chi connectivity index (χ2v) is 7.39. The van der Waals surface area contributed by atoms with Crippen LogP contribution in [0.25, 0.3) is 11.3 Å². The monoisotopic (exact) mass is 430 g/mol. The molecule has 162 valence electrons. The summed E-state index contributed by atoms with van der Waals surface area (Å²) in [5, 5.41) is 15.3. The van der Waals surface area contributed by atoms with Crippen molar-refractivity contribution in [1.29, 1.82) is 0 Å². The molecule has 1 aliphatic rings. The number of rotatable bonds is 6. The van der Waals surface area contributed by atoms with E-state index < -0.39 is 6.23 Å². The Morgan fingerprint density at radius 2 is 2.00 bits per heavy atom. The number of methoxy groups -OCH3 is 2. The fourth-order valence-electron chi connectivity index (χ4n) is 3.80. The van der Waals surface area contributed by atoms with Crippen molar-refractivity contribution < 1.29 is 14.6 Å². The average molecular weight is 430 g/mol. The van der Waals surface area contributed by atoms with E-state index in [4.69, 9.17) is 14.5 Å². The molecular weight excluding hydrogens is 408 g/mol. The molecule has 5 heterocycles. The van der Waals surface area contributed by atoms with Crippen molar-refractivity contribution in [2.75, 3.05) is 19.1 Å². The van der Waals surface area contributed by atoms with Crippen LogP contribution in [0, 0.1) is 0 Å². The zero-order valence-electron chi connectivity index (χ0n) is 17.7. The third kappa shape index (κ3) is 3.63. The fourth-order valence-corrected chi connectivity index (χ4v) is 3.80. The molecule has 1 aliphatic heterocycles. The van der Waals surface area contributed by atoms with E-state index in [1.807, 2.05) is 52.2 Å². The van der Waals surface area contributed by atoms with Gasteiger partial charge in [-0.3, -0.25) is 14.6 Å². The molecular formula is C23H22N6O3. The Morgan fingerprint density at radius 1 is 1.09 bits per heavy atom. The molecule has 0 spiro atoms. The van der Waals surface area contributed by atoms with Crippen molar-refractivity contribution in [2.24, 2.45) is 0 Å². The number of aliphatic hydroxyl groups excluding tert-OH is 1. The number of nitrogens with zero attached hydrogens (tertiary/aromatic N) is 6. The standard InChI is InChI=1S/C23H22N6O3/c1-31-21-9-15(10-25-22(21)32-2)19-7-6-18-20(27-19)14-29(23(18)30)17-11-26-28(13-17)12-16-5-3-4-8-24-16/h3-11,13,23,30H,12,14H2,1-2H3. The number of hydrogen-bond acceptors (Lipinski definition) is 8. The van der Waals surface area contributed by atoms with Crippen LogP contribution in [-0.4, -0.2) is 44.1 Å². The van der Waals surface area contributed by atoms with Gasteiger partial charge in [-0.25, -0.2) is 4.98 Å². The Balaban J connectivity index is 1.38. The number of pyridine rings is 3. The first-order valence-corrected chi connectivity index (χ1v) is 10.1. The maximum atomic E-state index is 10.9. The van der Waals surface area contributed by atoms with Crippen molar-refractivity contribution in [1.82, 2.24) is 24.7 Å². The van der Waals surface area contributed by atoms with E-state index in [9.17, 15) is 5.11 Å². The van der Waals surface area contributed by atoms with Crippen LogP contribution in [0.3, 0.4) is 0 Å². The van der Waals surface area contributed by atoms with E-state index in [1.165, 1.54) is 0 Å². The molecule has 0 saturated carbocycles. The minimum Gasteiger partial charge on any atom is -0.491 e. The fraction of sp³-hybridized carbons (Fsp3) is 0.217. The van der Waals surface area contributed by atoms with Crippen LogP contribution in [0.1, 0.15) is 23.2 Å². The summed E-state index contributed by atoms with van der Waals surface area (Å²) in [7, 11) is 3.12. The minimum absolute atomic E-state index is 0.418. The van der Waals surface area contributed by atoms with Gasteiger partial charge in [0, 0.05) is 29.7 Å². The highest BCUT2D eigenvalue weighted by Crippen LogP contribution is 2.37.